The van der Waals surface area contributed by atoms with E-state index in [2.05, 4.69) is 21.3 Å². The molecule has 0 bridgehead atoms. The lowest BCUT2D eigenvalue weighted by molar-refractivity contribution is -0.143. The number of primary sulfonamides is 1. The number of ether oxygens (including phenoxy) is 3. The normalized spacial score (nSPS) is 11.5. The van der Waals surface area contributed by atoms with E-state index in [0.717, 1.165) is 22.9 Å². The van der Waals surface area contributed by atoms with Gasteiger partial charge >= 0.3 is 12.0 Å². The standard InChI is InChI=1S/C53H50N6O11S2/c1-5-44(69-45-23-21-32(2)25-33(45)3)51(63)58-43-26-34(31-68-48(60)30-59(37-15-7-6-8-16-37)53(65)71-38-17-11-13-35(27-38)57-52(64)55-4)22-24-46(43)70-47-29-42(49(61)41-20-10-9-19-40(41)47)50(62)56-36-14-12-18-39(28-36)72(54,66)67/h6-29,44,61H,5,30-31H2,1-4H3,(H,56,62)(H,58,63)(H2,54,66,67)(H2,55,57,64). The Hall–Kier alpha value is -8.39. The first-order valence-electron chi connectivity index (χ1n) is 22.3. The Labute approximate surface area is 419 Å². The summed E-state index contributed by atoms with van der Waals surface area (Å²) in [7, 11) is -2.61. The maximum absolute atomic E-state index is 14.1. The number of amides is 5. The Kier molecular flexibility index (Phi) is 16.5. The van der Waals surface area contributed by atoms with Crippen molar-refractivity contribution in [1.82, 2.24) is 5.32 Å². The molecule has 0 saturated heterocycles. The minimum atomic E-state index is -4.10. The Morgan fingerprint density at radius 2 is 1.43 bits per heavy atom. The van der Waals surface area contributed by atoms with E-state index in [1.807, 2.05) is 26.0 Å². The number of benzene rings is 7. The average molecular weight is 1010 g/mol. The topological polar surface area (TPSA) is 245 Å². The smallest absolute Gasteiger partial charge is 0.326 e. The Balaban J connectivity index is 1.17. The van der Waals surface area contributed by atoms with Crippen LogP contribution in [0.3, 0.4) is 0 Å². The molecule has 0 aliphatic carbocycles. The highest BCUT2D eigenvalue weighted by atomic mass is 32.2. The Morgan fingerprint density at radius 1 is 0.736 bits per heavy atom. The Morgan fingerprint density at radius 3 is 2.14 bits per heavy atom. The van der Waals surface area contributed by atoms with Gasteiger partial charge in [0, 0.05) is 39.8 Å². The van der Waals surface area contributed by atoms with Crippen LogP contribution in [0.1, 0.15) is 40.4 Å². The van der Waals surface area contributed by atoms with Crippen molar-refractivity contribution >= 4 is 84.4 Å². The molecule has 7 aromatic rings. The number of nitrogens with zero attached hydrogens (tertiary/aromatic N) is 1. The van der Waals surface area contributed by atoms with E-state index in [1.54, 1.807) is 104 Å². The molecule has 0 saturated carbocycles. The number of sulfonamides is 1. The van der Waals surface area contributed by atoms with Crippen molar-refractivity contribution < 1.29 is 51.7 Å². The fourth-order valence-corrected chi connectivity index (χ4v) is 8.69. The molecule has 1 atom stereocenters. The highest BCUT2D eigenvalue weighted by molar-refractivity contribution is 8.14. The summed E-state index contributed by atoms with van der Waals surface area (Å²) in [6, 6.07) is 38.4. The number of nitrogens with one attached hydrogen (secondary N) is 4. The molecule has 72 heavy (non-hydrogen) atoms. The minimum absolute atomic E-state index is 0.0913. The first-order chi connectivity index (χ1) is 34.5. The third-order valence-electron chi connectivity index (χ3n) is 10.9. The molecule has 0 aromatic heterocycles. The number of anilines is 4. The maximum atomic E-state index is 14.1. The summed E-state index contributed by atoms with van der Waals surface area (Å²) in [5, 5.41) is 27.5. The van der Waals surface area contributed by atoms with Crippen LogP contribution < -0.4 is 40.8 Å². The van der Waals surface area contributed by atoms with Crippen molar-refractivity contribution in [2.75, 3.05) is 34.4 Å². The van der Waals surface area contributed by atoms with Gasteiger partial charge in [0.05, 0.1) is 16.1 Å². The van der Waals surface area contributed by atoms with Gasteiger partial charge in [-0.3, -0.25) is 24.1 Å². The minimum Gasteiger partial charge on any atom is -0.506 e. The molecule has 0 spiro atoms. The van der Waals surface area contributed by atoms with Gasteiger partial charge in [0.1, 0.15) is 30.4 Å². The summed E-state index contributed by atoms with van der Waals surface area (Å²) in [5.41, 5.74) is 3.16. The molecule has 0 aliphatic heterocycles. The molecule has 7 aromatic carbocycles. The van der Waals surface area contributed by atoms with E-state index in [4.69, 9.17) is 19.3 Å². The summed E-state index contributed by atoms with van der Waals surface area (Å²) in [6.07, 6.45) is -0.687. The zero-order valence-corrected chi connectivity index (χ0v) is 41.1. The number of hydrogen-bond donors (Lipinski definition) is 6. The van der Waals surface area contributed by atoms with Crippen LogP contribution in [-0.2, 0) is 31.0 Å². The lowest BCUT2D eigenvalue weighted by Crippen LogP contribution is -2.34. The number of para-hydroxylation sites is 1. The number of carbonyl (C=O) groups is 5. The number of urea groups is 1. The number of aryl methyl sites for hydroxylation is 2. The van der Waals surface area contributed by atoms with Crippen molar-refractivity contribution in [3.05, 3.63) is 168 Å². The second kappa shape index (κ2) is 23.0. The number of hydrogen-bond acceptors (Lipinski definition) is 12. The van der Waals surface area contributed by atoms with E-state index in [0.29, 0.717) is 33.0 Å². The molecule has 1 unspecified atom stereocenters. The number of phenolic OH excluding ortho intramolecular Hbond substituents is 1. The average Bonchev–Trinajstić information content (AvgIpc) is 3.36. The van der Waals surface area contributed by atoms with Gasteiger partial charge in [0.2, 0.25) is 10.0 Å². The van der Waals surface area contributed by atoms with Crippen LogP contribution >= 0.6 is 11.8 Å². The van der Waals surface area contributed by atoms with Crippen LogP contribution in [0.15, 0.2) is 155 Å². The second-order valence-electron chi connectivity index (χ2n) is 16.2. The SMILES string of the molecule is CCC(Oc1ccc(C)cc1C)C(=O)Nc1cc(COC(=O)CN(C(=O)Sc2cccc(NC(=O)NC)c2)c2ccccc2)ccc1Oc1cc(C(=O)Nc2cccc(S(N)(=O)=O)c2)c(O)c2ccccc12. The summed E-state index contributed by atoms with van der Waals surface area (Å²) in [4.78, 5) is 68.8. The van der Waals surface area contributed by atoms with E-state index in [-0.39, 0.29) is 57.5 Å². The van der Waals surface area contributed by atoms with E-state index >= 15 is 0 Å². The molecule has 7 rings (SSSR count). The second-order valence-corrected chi connectivity index (χ2v) is 18.8. The number of fused-ring (bicyclic) bond motifs is 1. The summed E-state index contributed by atoms with van der Waals surface area (Å²) >= 11 is 0.855. The summed E-state index contributed by atoms with van der Waals surface area (Å²) in [5.74, 6) is -1.75. The van der Waals surface area contributed by atoms with Crippen LogP contribution in [0.2, 0.25) is 0 Å². The van der Waals surface area contributed by atoms with Gasteiger partial charge in [0.25, 0.3) is 17.1 Å². The molecule has 7 N–H and O–H groups in total. The number of esters is 1. The van der Waals surface area contributed by atoms with Crippen molar-refractivity contribution in [2.24, 2.45) is 5.14 Å². The van der Waals surface area contributed by atoms with E-state index < -0.39 is 51.7 Å². The van der Waals surface area contributed by atoms with Crippen molar-refractivity contribution in [2.45, 2.75) is 49.7 Å². The number of thioether (sulfide) groups is 1. The summed E-state index contributed by atoms with van der Waals surface area (Å²) < 4.78 is 42.5. The van der Waals surface area contributed by atoms with Gasteiger partial charge in [-0.05, 0) is 116 Å². The van der Waals surface area contributed by atoms with Gasteiger partial charge in [-0.25, -0.2) is 18.4 Å². The monoisotopic (exact) mass is 1010 g/mol. The predicted octanol–water partition coefficient (Wildman–Crippen LogP) is 9.86. The molecule has 370 valence electrons. The third kappa shape index (κ3) is 13.1. The molecular weight excluding hydrogens is 961 g/mol. The van der Waals surface area contributed by atoms with Gasteiger partial charge in [-0.2, -0.15) is 0 Å². The largest absolute Gasteiger partial charge is 0.506 e. The highest BCUT2D eigenvalue weighted by Gasteiger charge is 2.25. The highest BCUT2D eigenvalue weighted by Crippen LogP contribution is 2.41. The molecule has 5 amide bonds. The first-order valence-corrected chi connectivity index (χ1v) is 24.7. The van der Waals surface area contributed by atoms with Crippen molar-refractivity contribution in [1.29, 1.82) is 0 Å². The fraction of sp³-hybridized carbons (Fsp3) is 0.151. The number of carbonyl (C=O) groups excluding carboxylic acids is 5. The lowest BCUT2D eigenvalue weighted by Gasteiger charge is -2.22. The van der Waals surface area contributed by atoms with E-state index in [1.165, 1.54) is 48.3 Å². The number of phenols is 1. The molecule has 0 aliphatic rings. The fourth-order valence-electron chi connectivity index (χ4n) is 7.32. The van der Waals surface area contributed by atoms with Crippen LogP contribution in [0.4, 0.5) is 32.3 Å². The quantitative estimate of drug-likeness (QED) is 0.0369. The third-order valence-corrected chi connectivity index (χ3v) is 12.7. The zero-order valence-electron chi connectivity index (χ0n) is 39.4. The van der Waals surface area contributed by atoms with Gasteiger partial charge < -0.3 is 40.6 Å². The van der Waals surface area contributed by atoms with Crippen molar-refractivity contribution in [3.8, 4) is 23.0 Å². The van der Waals surface area contributed by atoms with Gasteiger partial charge in [-0.15, -0.1) is 0 Å². The maximum Gasteiger partial charge on any atom is 0.326 e. The lowest BCUT2D eigenvalue weighted by atomic mass is 10.0. The molecule has 0 heterocycles. The number of aromatic hydroxyl groups is 1. The molecular formula is C53H50N6O11S2. The predicted molar refractivity (Wildman–Crippen MR) is 277 cm³/mol. The first kappa shape index (κ1) is 51.5. The zero-order chi connectivity index (χ0) is 51.5. The Bertz CT molecular complexity index is 3300. The number of rotatable bonds is 17. The number of nitrogens with two attached hydrogens (primary N) is 1. The van der Waals surface area contributed by atoms with Crippen LogP contribution in [0.25, 0.3) is 10.8 Å². The molecule has 0 radical (unpaired) electrons. The van der Waals surface area contributed by atoms with Gasteiger partial charge in [-0.1, -0.05) is 85.3 Å². The van der Waals surface area contributed by atoms with Crippen LogP contribution in [0, 0.1) is 13.8 Å². The van der Waals surface area contributed by atoms with E-state index in [9.17, 15) is 37.5 Å². The summed E-state index contributed by atoms with van der Waals surface area (Å²) in [6.45, 7) is 4.86. The van der Waals surface area contributed by atoms with Crippen molar-refractivity contribution in [3.63, 3.8) is 0 Å². The molecule has 0 fully saturated rings. The molecule has 17 nitrogen and oxygen atoms in total. The van der Waals surface area contributed by atoms with Crippen LogP contribution in [-0.4, -0.2) is 62.3 Å². The molecule has 19 heteroatoms. The van der Waals surface area contributed by atoms with Gasteiger partial charge in [0.15, 0.2) is 11.9 Å². The van der Waals surface area contributed by atoms with Crippen LogP contribution in [0.5, 0.6) is 23.0 Å².